The van der Waals surface area contributed by atoms with E-state index in [4.69, 9.17) is 0 Å². The molecule has 1 atom stereocenters. The molecule has 0 aliphatic carbocycles. The van der Waals surface area contributed by atoms with E-state index in [9.17, 15) is 9.59 Å². The third-order valence-electron chi connectivity index (χ3n) is 3.64. The van der Waals surface area contributed by atoms with Gasteiger partial charge in [0.2, 0.25) is 0 Å². The molecule has 1 heterocycles. The fourth-order valence-electron chi connectivity index (χ4n) is 2.28. The fraction of sp³-hybridized carbons (Fsp3) is 0.316. The van der Waals surface area contributed by atoms with Crippen LogP contribution < -0.4 is 16.0 Å². The predicted octanol–water partition coefficient (Wildman–Crippen LogP) is 2.78. The SMILES string of the molecule is CC(C)NC(=O)NCc1ccc(C(=O)N[C@H](C)c2ccncc2)cc1. The van der Waals surface area contributed by atoms with Gasteiger partial charge in [0.1, 0.15) is 0 Å². The van der Waals surface area contributed by atoms with Crippen molar-refractivity contribution in [2.45, 2.75) is 39.4 Å². The summed E-state index contributed by atoms with van der Waals surface area (Å²) in [6.45, 7) is 6.15. The third-order valence-corrected chi connectivity index (χ3v) is 3.64. The number of nitrogens with one attached hydrogen (secondary N) is 3. The largest absolute Gasteiger partial charge is 0.346 e. The monoisotopic (exact) mass is 340 g/mol. The van der Waals surface area contributed by atoms with Crippen molar-refractivity contribution in [3.63, 3.8) is 0 Å². The fourth-order valence-corrected chi connectivity index (χ4v) is 2.28. The Kier molecular flexibility index (Phi) is 6.51. The summed E-state index contributed by atoms with van der Waals surface area (Å²) in [5.41, 5.74) is 2.51. The highest BCUT2D eigenvalue weighted by Crippen LogP contribution is 2.12. The van der Waals surface area contributed by atoms with E-state index in [-0.39, 0.29) is 24.0 Å². The molecule has 0 bridgehead atoms. The molecule has 0 saturated heterocycles. The maximum atomic E-state index is 12.3. The minimum Gasteiger partial charge on any atom is -0.346 e. The summed E-state index contributed by atoms with van der Waals surface area (Å²) >= 11 is 0. The molecule has 0 aliphatic rings. The number of nitrogens with zero attached hydrogens (tertiary/aromatic N) is 1. The van der Waals surface area contributed by atoms with Crippen LogP contribution in [-0.4, -0.2) is 23.0 Å². The number of carbonyl (C=O) groups is 2. The number of aromatic nitrogens is 1. The van der Waals surface area contributed by atoms with Gasteiger partial charge in [0, 0.05) is 30.5 Å². The van der Waals surface area contributed by atoms with Crippen molar-refractivity contribution in [1.29, 1.82) is 0 Å². The standard InChI is InChI=1S/C19H24N4O2/c1-13(2)22-19(25)21-12-15-4-6-17(7-5-15)18(24)23-14(3)16-8-10-20-11-9-16/h4-11,13-14H,12H2,1-3H3,(H,23,24)(H2,21,22,25)/t14-/m1/s1. The molecule has 2 aromatic rings. The van der Waals surface area contributed by atoms with E-state index < -0.39 is 0 Å². The molecule has 132 valence electrons. The summed E-state index contributed by atoms with van der Waals surface area (Å²) in [4.78, 5) is 27.9. The van der Waals surface area contributed by atoms with E-state index in [1.807, 2.05) is 45.0 Å². The molecule has 1 aromatic carbocycles. The van der Waals surface area contributed by atoms with Crippen LogP contribution in [0.1, 0.15) is 48.3 Å². The van der Waals surface area contributed by atoms with Crippen LogP contribution in [0, 0.1) is 0 Å². The molecule has 0 fully saturated rings. The van der Waals surface area contributed by atoms with Crippen LogP contribution in [0.4, 0.5) is 4.79 Å². The minimum atomic E-state index is -0.206. The maximum Gasteiger partial charge on any atom is 0.315 e. The number of rotatable bonds is 6. The van der Waals surface area contributed by atoms with Gasteiger partial charge in [-0.1, -0.05) is 12.1 Å². The first kappa shape index (κ1) is 18.4. The first-order valence-corrected chi connectivity index (χ1v) is 8.30. The van der Waals surface area contributed by atoms with Crippen LogP contribution in [0.25, 0.3) is 0 Å². The van der Waals surface area contributed by atoms with Gasteiger partial charge in [-0.3, -0.25) is 9.78 Å². The molecule has 0 spiro atoms. The second-order valence-corrected chi connectivity index (χ2v) is 6.15. The molecule has 0 unspecified atom stereocenters. The molecule has 2 rings (SSSR count). The average molecular weight is 340 g/mol. The van der Waals surface area contributed by atoms with Crippen molar-refractivity contribution < 1.29 is 9.59 Å². The Morgan fingerprint density at radius 3 is 2.20 bits per heavy atom. The lowest BCUT2D eigenvalue weighted by Crippen LogP contribution is -2.39. The Bertz CT molecular complexity index is 699. The van der Waals surface area contributed by atoms with Crippen molar-refractivity contribution in [3.8, 4) is 0 Å². The van der Waals surface area contributed by atoms with Crippen LogP contribution >= 0.6 is 0 Å². The van der Waals surface area contributed by atoms with Crippen LogP contribution in [-0.2, 0) is 6.54 Å². The van der Waals surface area contributed by atoms with Crippen molar-refractivity contribution in [3.05, 3.63) is 65.5 Å². The number of urea groups is 1. The molecule has 0 radical (unpaired) electrons. The van der Waals surface area contributed by atoms with E-state index in [1.165, 1.54) is 0 Å². The van der Waals surface area contributed by atoms with Crippen LogP contribution in [0.2, 0.25) is 0 Å². The van der Waals surface area contributed by atoms with Gasteiger partial charge in [-0.25, -0.2) is 4.79 Å². The number of hydrogen-bond acceptors (Lipinski definition) is 3. The number of hydrogen-bond donors (Lipinski definition) is 3. The van der Waals surface area contributed by atoms with Crippen molar-refractivity contribution >= 4 is 11.9 Å². The van der Waals surface area contributed by atoms with Gasteiger partial charge in [0.05, 0.1) is 6.04 Å². The zero-order valence-corrected chi connectivity index (χ0v) is 14.7. The second kappa shape index (κ2) is 8.82. The molecule has 1 aromatic heterocycles. The number of amides is 3. The lowest BCUT2D eigenvalue weighted by Gasteiger charge is -2.14. The Morgan fingerprint density at radius 1 is 0.960 bits per heavy atom. The Hall–Kier alpha value is -2.89. The summed E-state index contributed by atoms with van der Waals surface area (Å²) in [5.74, 6) is -0.138. The zero-order chi connectivity index (χ0) is 18.2. The molecule has 0 aliphatic heterocycles. The van der Waals surface area contributed by atoms with Gasteiger partial charge >= 0.3 is 6.03 Å². The lowest BCUT2D eigenvalue weighted by molar-refractivity contribution is 0.0940. The molecule has 3 N–H and O–H groups in total. The highest BCUT2D eigenvalue weighted by atomic mass is 16.2. The van der Waals surface area contributed by atoms with Crippen LogP contribution in [0.3, 0.4) is 0 Å². The molecule has 25 heavy (non-hydrogen) atoms. The lowest BCUT2D eigenvalue weighted by atomic mass is 10.1. The Labute approximate surface area is 148 Å². The Balaban J connectivity index is 1.88. The molecular formula is C19H24N4O2. The first-order valence-electron chi connectivity index (χ1n) is 8.30. The van der Waals surface area contributed by atoms with Gasteiger partial charge in [-0.2, -0.15) is 0 Å². The van der Waals surface area contributed by atoms with E-state index in [0.717, 1.165) is 11.1 Å². The molecule has 0 saturated carbocycles. The minimum absolute atomic E-state index is 0.0912. The predicted molar refractivity (Wildman–Crippen MR) is 97.1 cm³/mol. The maximum absolute atomic E-state index is 12.3. The Morgan fingerprint density at radius 2 is 1.60 bits per heavy atom. The van der Waals surface area contributed by atoms with Gasteiger partial charge in [-0.15, -0.1) is 0 Å². The highest BCUT2D eigenvalue weighted by Gasteiger charge is 2.11. The summed E-state index contributed by atoms with van der Waals surface area (Å²) in [6.07, 6.45) is 3.41. The van der Waals surface area contributed by atoms with E-state index in [0.29, 0.717) is 12.1 Å². The molecular weight excluding hydrogens is 316 g/mol. The summed E-state index contributed by atoms with van der Waals surface area (Å²) < 4.78 is 0. The van der Waals surface area contributed by atoms with Gasteiger partial charge in [0.15, 0.2) is 0 Å². The molecule has 6 nitrogen and oxygen atoms in total. The van der Waals surface area contributed by atoms with Crippen molar-refractivity contribution in [2.24, 2.45) is 0 Å². The third kappa shape index (κ3) is 5.91. The first-order chi connectivity index (χ1) is 12.0. The van der Waals surface area contributed by atoms with Crippen LogP contribution in [0.15, 0.2) is 48.8 Å². The quantitative estimate of drug-likeness (QED) is 0.756. The number of carbonyl (C=O) groups excluding carboxylic acids is 2. The summed E-state index contributed by atoms with van der Waals surface area (Å²) in [6, 6.07) is 10.7. The van der Waals surface area contributed by atoms with E-state index in [1.54, 1.807) is 24.5 Å². The smallest absolute Gasteiger partial charge is 0.315 e. The van der Waals surface area contributed by atoms with Crippen LogP contribution in [0.5, 0.6) is 0 Å². The van der Waals surface area contributed by atoms with E-state index in [2.05, 4.69) is 20.9 Å². The summed E-state index contributed by atoms with van der Waals surface area (Å²) in [5, 5.41) is 8.49. The number of benzene rings is 1. The molecule has 6 heteroatoms. The highest BCUT2D eigenvalue weighted by molar-refractivity contribution is 5.94. The van der Waals surface area contributed by atoms with Crippen molar-refractivity contribution in [2.75, 3.05) is 0 Å². The second-order valence-electron chi connectivity index (χ2n) is 6.15. The number of pyridine rings is 1. The van der Waals surface area contributed by atoms with Crippen molar-refractivity contribution in [1.82, 2.24) is 20.9 Å². The topological polar surface area (TPSA) is 83.1 Å². The van der Waals surface area contributed by atoms with Gasteiger partial charge in [0.25, 0.3) is 5.91 Å². The average Bonchev–Trinajstić information content (AvgIpc) is 2.60. The van der Waals surface area contributed by atoms with Gasteiger partial charge in [-0.05, 0) is 56.2 Å². The van der Waals surface area contributed by atoms with Gasteiger partial charge < -0.3 is 16.0 Å². The van der Waals surface area contributed by atoms with E-state index >= 15 is 0 Å². The normalized spacial score (nSPS) is 11.7. The molecule has 3 amide bonds. The zero-order valence-electron chi connectivity index (χ0n) is 14.7. The summed E-state index contributed by atoms with van der Waals surface area (Å²) in [7, 11) is 0.